The highest BCUT2D eigenvalue weighted by atomic mass is 32.1. The van der Waals surface area contributed by atoms with Gasteiger partial charge in [-0.2, -0.15) is 11.3 Å². The molecule has 1 aliphatic carbocycles. The molecule has 0 spiro atoms. The van der Waals surface area contributed by atoms with Crippen molar-refractivity contribution in [2.75, 3.05) is 18.0 Å². The molecule has 2 heterocycles. The second-order valence-electron chi connectivity index (χ2n) is 4.71. The molecule has 1 atom stereocenters. The minimum Gasteiger partial charge on any atom is -0.369 e. The summed E-state index contributed by atoms with van der Waals surface area (Å²) in [6, 6.07) is 3.81. The van der Waals surface area contributed by atoms with E-state index in [2.05, 4.69) is 27.0 Å². The van der Waals surface area contributed by atoms with Crippen LogP contribution in [0.2, 0.25) is 0 Å². The van der Waals surface area contributed by atoms with Gasteiger partial charge < -0.3 is 10.2 Å². The topological polar surface area (TPSA) is 15.3 Å². The fourth-order valence-corrected chi connectivity index (χ4v) is 3.03. The van der Waals surface area contributed by atoms with Crippen LogP contribution >= 0.6 is 11.3 Å². The summed E-state index contributed by atoms with van der Waals surface area (Å²) in [6.45, 7) is 2.44. The molecular formula is C12H18N2S. The van der Waals surface area contributed by atoms with Crippen LogP contribution in [0.15, 0.2) is 16.8 Å². The second-order valence-corrected chi connectivity index (χ2v) is 5.49. The molecule has 2 fully saturated rings. The monoisotopic (exact) mass is 222 g/mol. The van der Waals surface area contributed by atoms with Gasteiger partial charge in [0.15, 0.2) is 0 Å². The van der Waals surface area contributed by atoms with Crippen LogP contribution in [-0.4, -0.2) is 25.2 Å². The molecule has 1 N–H and O–H groups in total. The normalized spacial score (nSPS) is 26.9. The van der Waals surface area contributed by atoms with E-state index in [0.717, 1.165) is 12.1 Å². The van der Waals surface area contributed by atoms with E-state index < -0.39 is 0 Å². The molecule has 1 unspecified atom stereocenters. The minimum atomic E-state index is 0.728. The van der Waals surface area contributed by atoms with Gasteiger partial charge in [0.05, 0.1) is 0 Å². The number of rotatable bonds is 3. The van der Waals surface area contributed by atoms with E-state index in [-0.39, 0.29) is 0 Å². The van der Waals surface area contributed by atoms with Gasteiger partial charge in [-0.15, -0.1) is 0 Å². The Morgan fingerprint density at radius 3 is 2.93 bits per heavy atom. The Kier molecular flexibility index (Phi) is 2.67. The minimum absolute atomic E-state index is 0.728. The van der Waals surface area contributed by atoms with Crippen molar-refractivity contribution in [1.29, 1.82) is 0 Å². The molecule has 3 heteroatoms. The maximum atomic E-state index is 3.75. The molecular weight excluding hydrogens is 204 g/mol. The highest BCUT2D eigenvalue weighted by Crippen LogP contribution is 2.25. The number of thiophene rings is 1. The Labute approximate surface area is 95.3 Å². The van der Waals surface area contributed by atoms with Crippen molar-refractivity contribution < 1.29 is 0 Å². The van der Waals surface area contributed by atoms with Crippen LogP contribution in [0.25, 0.3) is 0 Å². The predicted molar refractivity (Wildman–Crippen MR) is 65.7 cm³/mol. The highest BCUT2D eigenvalue weighted by molar-refractivity contribution is 7.08. The molecule has 1 aromatic rings. The summed E-state index contributed by atoms with van der Waals surface area (Å²) in [7, 11) is 0. The molecule has 82 valence electrons. The van der Waals surface area contributed by atoms with Crippen LogP contribution in [0.1, 0.15) is 25.7 Å². The molecule has 3 rings (SSSR count). The van der Waals surface area contributed by atoms with E-state index in [1.165, 1.54) is 44.5 Å². The molecule has 1 aromatic heterocycles. The summed E-state index contributed by atoms with van der Waals surface area (Å²) >= 11 is 1.80. The number of anilines is 1. The summed E-state index contributed by atoms with van der Waals surface area (Å²) in [4.78, 5) is 2.53. The zero-order valence-electron chi connectivity index (χ0n) is 8.98. The summed E-state index contributed by atoms with van der Waals surface area (Å²) in [6.07, 6.45) is 5.49. The lowest BCUT2D eigenvalue weighted by atomic mass is 10.1. The molecule has 2 nitrogen and oxygen atoms in total. The van der Waals surface area contributed by atoms with E-state index >= 15 is 0 Å². The van der Waals surface area contributed by atoms with Crippen molar-refractivity contribution in [2.45, 2.75) is 37.8 Å². The number of hydrogen-bond acceptors (Lipinski definition) is 3. The fraction of sp³-hybridized carbons (Fsp3) is 0.667. The molecule has 0 aromatic carbocycles. The summed E-state index contributed by atoms with van der Waals surface area (Å²) in [5, 5.41) is 8.18. The van der Waals surface area contributed by atoms with Gasteiger partial charge >= 0.3 is 0 Å². The maximum Gasteiger partial charge on any atom is 0.0475 e. The first kappa shape index (κ1) is 9.67. The number of piperidine rings is 1. The summed E-state index contributed by atoms with van der Waals surface area (Å²) < 4.78 is 0. The quantitative estimate of drug-likeness (QED) is 0.845. The first-order valence-corrected chi connectivity index (χ1v) is 6.89. The van der Waals surface area contributed by atoms with Crippen molar-refractivity contribution in [3.05, 3.63) is 16.8 Å². The maximum absolute atomic E-state index is 3.75. The Morgan fingerprint density at radius 2 is 2.20 bits per heavy atom. The van der Waals surface area contributed by atoms with Crippen molar-refractivity contribution in [2.24, 2.45) is 0 Å². The highest BCUT2D eigenvalue weighted by Gasteiger charge is 2.27. The number of nitrogens with zero attached hydrogens (tertiary/aromatic N) is 1. The van der Waals surface area contributed by atoms with Crippen LogP contribution in [-0.2, 0) is 0 Å². The zero-order chi connectivity index (χ0) is 10.1. The van der Waals surface area contributed by atoms with E-state index in [1.54, 1.807) is 11.3 Å². The van der Waals surface area contributed by atoms with Crippen LogP contribution < -0.4 is 10.2 Å². The molecule has 1 saturated carbocycles. The number of nitrogens with one attached hydrogen (secondary N) is 1. The van der Waals surface area contributed by atoms with Crippen molar-refractivity contribution in [1.82, 2.24) is 5.32 Å². The zero-order valence-corrected chi connectivity index (χ0v) is 9.80. The van der Waals surface area contributed by atoms with Gasteiger partial charge in [0.2, 0.25) is 0 Å². The van der Waals surface area contributed by atoms with Gasteiger partial charge in [-0.05, 0) is 37.1 Å². The van der Waals surface area contributed by atoms with Crippen LogP contribution in [0.5, 0.6) is 0 Å². The van der Waals surface area contributed by atoms with E-state index in [1.807, 2.05) is 0 Å². The summed E-state index contributed by atoms with van der Waals surface area (Å²) in [5.74, 6) is 0. The van der Waals surface area contributed by atoms with Gasteiger partial charge in [0, 0.05) is 36.2 Å². The Bertz CT molecular complexity index is 305. The summed E-state index contributed by atoms with van der Waals surface area (Å²) in [5.41, 5.74) is 1.42. The van der Waals surface area contributed by atoms with Crippen molar-refractivity contribution in [3.8, 4) is 0 Å². The predicted octanol–water partition coefficient (Wildman–Crippen LogP) is 2.47. The lowest BCUT2D eigenvalue weighted by Gasteiger charge is -2.34. The third-order valence-corrected chi connectivity index (χ3v) is 4.01. The smallest absolute Gasteiger partial charge is 0.0475 e. The lowest BCUT2D eigenvalue weighted by molar-refractivity contribution is 0.420. The van der Waals surface area contributed by atoms with Crippen molar-refractivity contribution in [3.63, 3.8) is 0 Å². The average molecular weight is 222 g/mol. The Hall–Kier alpha value is -0.540. The van der Waals surface area contributed by atoms with Gasteiger partial charge in [-0.3, -0.25) is 0 Å². The average Bonchev–Trinajstić information content (AvgIpc) is 2.91. The third-order valence-electron chi connectivity index (χ3n) is 3.34. The van der Waals surface area contributed by atoms with E-state index in [9.17, 15) is 0 Å². The molecule has 1 saturated heterocycles. The van der Waals surface area contributed by atoms with Crippen LogP contribution in [0, 0.1) is 0 Å². The Balaban J connectivity index is 1.60. The largest absolute Gasteiger partial charge is 0.369 e. The van der Waals surface area contributed by atoms with Gasteiger partial charge in [0.25, 0.3) is 0 Å². The van der Waals surface area contributed by atoms with Gasteiger partial charge in [0.1, 0.15) is 0 Å². The fourth-order valence-electron chi connectivity index (χ4n) is 2.37. The van der Waals surface area contributed by atoms with Gasteiger partial charge in [-0.1, -0.05) is 0 Å². The lowest BCUT2D eigenvalue weighted by Crippen LogP contribution is -2.46. The first-order chi connectivity index (χ1) is 7.42. The molecule has 0 amide bonds. The van der Waals surface area contributed by atoms with Crippen LogP contribution in [0.4, 0.5) is 5.69 Å². The first-order valence-electron chi connectivity index (χ1n) is 5.95. The van der Waals surface area contributed by atoms with Crippen LogP contribution in [0.3, 0.4) is 0 Å². The van der Waals surface area contributed by atoms with E-state index in [4.69, 9.17) is 0 Å². The SMILES string of the molecule is c1cc(N2CCCC(NC3CC3)C2)cs1. The third kappa shape index (κ3) is 2.34. The number of hydrogen-bond donors (Lipinski definition) is 1. The van der Waals surface area contributed by atoms with Gasteiger partial charge in [-0.25, -0.2) is 0 Å². The van der Waals surface area contributed by atoms with E-state index in [0.29, 0.717) is 0 Å². The standard InChI is InChI=1S/C12H18N2S/c1-2-11(13-10-3-4-10)8-14(6-1)12-5-7-15-9-12/h5,7,9-11,13H,1-4,6,8H2. The second kappa shape index (κ2) is 4.14. The molecule has 1 aliphatic heterocycles. The molecule has 0 radical (unpaired) electrons. The molecule has 15 heavy (non-hydrogen) atoms. The molecule has 0 bridgehead atoms. The Morgan fingerprint density at radius 1 is 1.27 bits per heavy atom. The molecule has 2 aliphatic rings. The van der Waals surface area contributed by atoms with Crippen molar-refractivity contribution >= 4 is 17.0 Å².